The highest BCUT2D eigenvalue weighted by Gasteiger charge is 2.15. The average molecular weight is 309 g/mol. The van der Waals surface area contributed by atoms with Gasteiger partial charge in [0, 0.05) is 24.2 Å². The molecule has 7 heteroatoms. The van der Waals surface area contributed by atoms with E-state index in [-0.39, 0.29) is 11.5 Å². The van der Waals surface area contributed by atoms with Crippen molar-refractivity contribution >= 4 is 17.2 Å². The summed E-state index contributed by atoms with van der Waals surface area (Å²) in [5.74, 6) is -0.786. The normalized spacial score (nSPS) is 10.5. The van der Waals surface area contributed by atoms with Gasteiger partial charge in [-0.3, -0.25) is 4.79 Å². The Hall–Kier alpha value is -3.27. The van der Waals surface area contributed by atoms with E-state index in [2.05, 4.69) is 15.4 Å². The second kappa shape index (κ2) is 5.50. The average Bonchev–Trinajstić information content (AvgIpc) is 2.97. The van der Waals surface area contributed by atoms with E-state index in [1.54, 1.807) is 29.6 Å². The lowest BCUT2D eigenvalue weighted by molar-refractivity contribution is -0.114. The minimum Gasteiger partial charge on any atom is -0.326 e. The Balaban J connectivity index is 2.27. The van der Waals surface area contributed by atoms with Crippen molar-refractivity contribution in [2.75, 3.05) is 5.32 Å². The van der Waals surface area contributed by atoms with Crippen LogP contribution in [0.15, 0.2) is 30.6 Å². The smallest absolute Gasteiger partial charge is 0.221 e. The second-order valence-corrected chi connectivity index (χ2v) is 5.05. The van der Waals surface area contributed by atoms with Crippen LogP contribution in [0, 0.1) is 24.1 Å². The van der Waals surface area contributed by atoms with Crippen LogP contribution in [0.3, 0.4) is 0 Å². The Kier molecular flexibility index (Phi) is 3.50. The number of benzene rings is 1. The summed E-state index contributed by atoms with van der Waals surface area (Å²) in [4.78, 5) is 15.4. The maximum absolute atomic E-state index is 14.2. The van der Waals surface area contributed by atoms with Crippen LogP contribution in [0.1, 0.15) is 18.1 Å². The third-order valence-electron chi connectivity index (χ3n) is 3.48. The number of aromatic nitrogens is 3. The minimum absolute atomic E-state index is 0.0147. The van der Waals surface area contributed by atoms with E-state index in [4.69, 9.17) is 5.26 Å². The van der Waals surface area contributed by atoms with Gasteiger partial charge in [-0.15, -0.1) is 0 Å². The van der Waals surface area contributed by atoms with Crippen molar-refractivity contribution in [3.8, 4) is 17.3 Å². The number of carbonyl (C=O) groups excluding carboxylic acids is 1. The van der Waals surface area contributed by atoms with E-state index < -0.39 is 5.82 Å². The summed E-state index contributed by atoms with van der Waals surface area (Å²) in [5.41, 5.74) is 2.53. The minimum atomic E-state index is -0.566. The van der Waals surface area contributed by atoms with Crippen LogP contribution in [0.4, 0.5) is 10.1 Å². The molecule has 2 heterocycles. The molecule has 2 aromatic heterocycles. The molecule has 0 atom stereocenters. The van der Waals surface area contributed by atoms with Gasteiger partial charge in [-0.05, 0) is 24.6 Å². The van der Waals surface area contributed by atoms with Crippen molar-refractivity contribution in [3.05, 3.63) is 47.5 Å². The van der Waals surface area contributed by atoms with Crippen LogP contribution in [-0.2, 0) is 4.79 Å². The molecular formula is C16H12FN5O. The van der Waals surface area contributed by atoms with Gasteiger partial charge in [0.1, 0.15) is 18.2 Å². The fourth-order valence-electron chi connectivity index (χ4n) is 2.44. The van der Waals surface area contributed by atoms with E-state index >= 15 is 0 Å². The maximum atomic E-state index is 14.2. The molecule has 0 saturated carbocycles. The SMILES string of the molecule is CC(=O)Nc1cc(-c2ccc(C#N)c(F)c2C)n2ncnc2c1. The Bertz CT molecular complexity index is 970. The lowest BCUT2D eigenvalue weighted by atomic mass is 10.0. The van der Waals surface area contributed by atoms with Crippen molar-refractivity contribution in [3.63, 3.8) is 0 Å². The standard InChI is InChI=1S/C16H12FN5O/c1-9-13(4-3-11(7-18)16(9)17)14-5-12(21-10(2)23)6-15-19-8-20-22(14)15/h3-6,8H,1-2H3,(H,21,23). The lowest BCUT2D eigenvalue weighted by Crippen LogP contribution is -2.07. The number of nitrogens with zero attached hydrogens (tertiary/aromatic N) is 4. The highest BCUT2D eigenvalue weighted by Crippen LogP contribution is 2.29. The molecule has 0 radical (unpaired) electrons. The molecule has 3 aromatic rings. The number of carbonyl (C=O) groups is 1. The number of amides is 1. The van der Waals surface area contributed by atoms with Gasteiger partial charge in [0.15, 0.2) is 5.65 Å². The molecule has 0 saturated heterocycles. The zero-order valence-corrected chi connectivity index (χ0v) is 12.5. The van der Waals surface area contributed by atoms with Crippen LogP contribution in [-0.4, -0.2) is 20.5 Å². The molecule has 0 fully saturated rings. The summed E-state index contributed by atoms with van der Waals surface area (Å²) in [6, 6.07) is 8.26. The summed E-state index contributed by atoms with van der Waals surface area (Å²) in [6.07, 6.45) is 1.38. The molecule has 114 valence electrons. The van der Waals surface area contributed by atoms with Gasteiger partial charge in [0.25, 0.3) is 0 Å². The third kappa shape index (κ3) is 2.51. The molecule has 3 rings (SSSR count). The summed E-state index contributed by atoms with van der Waals surface area (Å²) < 4.78 is 15.8. The molecule has 0 aliphatic carbocycles. The molecule has 0 aliphatic rings. The molecule has 6 nitrogen and oxygen atoms in total. The van der Waals surface area contributed by atoms with Crippen LogP contribution in [0.5, 0.6) is 0 Å². The van der Waals surface area contributed by atoms with E-state index in [9.17, 15) is 9.18 Å². The Labute approximate surface area is 131 Å². The van der Waals surface area contributed by atoms with Crippen molar-refractivity contribution < 1.29 is 9.18 Å². The number of halogens is 1. The van der Waals surface area contributed by atoms with Crippen LogP contribution in [0.25, 0.3) is 16.9 Å². The molecule has 0 bridgehead atoms. The number of rotatable bonds is 2. The van der Waals surface area contributed by atoms with Crippen LogP contribution in [0.2, 0.25) is 0 Å². The van der Waals surface area contributed by atoms with Gasteiger partial charge >= 0.3 is 0 Å². The van der Waals surface area contributed by atoms with E-state index in [1.165, 1.54) is 19.3 Å². The van der Waals surface area contributed by atoms with Crippen LogP contribution >= 0.6 is 0 Å². The molecule has 0 spiro atoms. The number of nitrogens with one attached hydrogen (secondary N) is 1. The number of hydrogen-bond acceptors (Lipinski definition) is 4. The van der Waals surface area contributed by atoms with Gasteiger partial charge in [0.2, 0.25) is 5.91 Å². The molecule has 0 unspecified atom stereocenters. The largest absolute Gasteiger partial charge is 0.326 e. The number of fused-ring (bicyclic) bond motifs is 1. The van der Waals surface area contributed by atoms with E-state index in [0.717, 1.165) is 0 Å². The fraction of sp³-hybridized carbons (Fsp3) is 0.125. The third-order valence-corrected chi connectivity index (χ3v) is 3.48. The van der Waals surface area contributed by atoms with Crippen molar-refractivity contribution in [1.82, 2.24) is 14.6 Å². The molecule has 1 amide bonds. The van der Waals surface area contributed by atoms with Crippen molar-refractivity contribution in [2.45, 2.75) is 13.8 Å². The first-order chi connectivity index (χ1) is 11.0. The van der Waals surface area contributed by atoms with Gasteiger partial charge < -0.3 is 5.32 Å². The predicted molar refractivity (Wildman–Crippen MR) is 82.1 cm³/mol. The Morgan fingerprint density at radius 1 is 1.39 bits per heavy atom. The lowest BCUT2D eigenvalue weighted by Gasteiger charge is -2.12. The van der Waals surface area contributed by atoms with E-state index in [0.29, 0.717) is 28.2 Å². The zero-order valence-electron chi connectivity index (χ0n) is 12.5. The Morgan fingerprint density at radius 3 is 2.87 bits per heavy atom. The number of pyridine rings is 1. The van der Waals surface area contributed by atoms with Gasteiger partial charge in [0.05, 0.1) is 11.3 Å². The molecule has 1 aromatic carbocycles. The fourth-order valence-corrected chi connectivity index (χ4v) is 2.44. The summed E-state index contributed by atoms with van der Waals surface area (Å²) in [7, 11) is 0. The highest BCUT2D eigenvalue weighted by atomic mass is 19.1. The molecule has 1 N–H and O–H groups in total. The quantitative estimate of drug-likeness (QED) is 0.789. The number of nitriles is 1. The topological polar surface area (TPSA) is 83.1 Å². The number of hydrogen-bond donors (Lipinski definition) is 1. The van der Waals surface area contributed by atoms with Gasteiger partial charge in [-0.1, -0.05) is 6.07 Å². The Morgan fingerprint density at radius 2 is 2.17 bits per heavy atom. The van der Waals surface area contributed by atoms with E-state index in [1.807, 2.05) is 6.07 Å². The van der Waals surface area contributed by atoms with Crippen LogP contribution < -0.4 is 5.32 Å². The van der Waals surface area contributed by atoms with Crippen molar-refractivity contribution in [2.24, 2.45) is 0 Å². The van der Waals surface area contributed by atoms with Gasteiger partial charge in [-0.2, -0.15) is 10.4 Å². The molecule has 0 aliphatic heterocycles. The first-order valence-corrected chi connectivity index (χ1v) is 6.82. The predicted octanol–water partition coefficient (Wildman–Crippen LogP) is 2.67. The first kappa shape index (κ1) is 14.7. The molecular weight excluding hydrogens is 297 g/mol. The maximum Gasteiger partial charge on any atom is 0.221 e. The second-order valence-electron chi connectivity index (χ2n) is 5.05. The first-order valence-electron chi connectivity index (χ1n) is 6.82. The summed E-state index contributed by atoms with van der Waals surface area (Å²) >= 11 is 0. The summed E-state index contributed by atoms with van der Waals surface area (Å²) in [6.45, 7) is 3.00. The number of anilines is 1. The summed E-state index contributed by atoms with van der Waals surface area (Å²) in [5, 5.41) is 15.7. The molecule has 23 heavy (non-hydrogen) atoms. The monoisotopic (exact) mass is 309 g/mol. The van der Waals surface area contributed by atoms with Crippen molar-refractivity contribution in [1.29, 1.82) is 5.26 Å². The highest BCUT2D eigenvalue weighted by molar-refractivity contribution is 5.90. The van der Waals surface area contributed by atoms with Gasteiger partial charge in [-0.25, -0.2) is 13.9 Å². The zero-order chi connectivity index (χ0) is 16.6.